The minimum absolute atomic E-state index is 0.180. The fourth-order valence-electron chi connectivity index (χ4n) is 5.48. The Morgan fingerprint density at radius 1 is 1.02 bits per heavy atom. The smallest absolute Gasteiger partial charge is 0.338 e. The van der Waals surface area contributed by atoms with Crippen molar-refractivity contribution < 1.29 is 9.53 Å². The largest absolute Gasteiger partial charge is 0.459 e. The number of hydrogen-bond acceptors (Lipinski definition) is 5. The molecule has 41 heavy (non-hydrogen) atoms. The lowest BCUT2D eigenvalue weighted by Gasteiger charge is -2.25. The summed E-state index contributed by atoms with van der Waals surface area (Å²) in [6.07, 6.45) is 3.77. The number of aryl methyl sites for hydroxylation is 1. The molecule has 5 aromatic rings. The molecule has 2 aromatic heterocycles. The summed E-state index contributed by atoms with van der Waals surface area (Å²) >= 11 is 1.34. The summed E-state index contributed by atoms with van der Waals surface area (Å²) in [7, 11) is 0. The molecule has 3 heterocycles. The van der Waals surface area contributed by atoms with Crippen molar-refractivity contribution in [2.45, 2.75) is 46.4 Å². The Balaban J connectivity index is 1.50. The molecule has 6 rings (SSSR count). The van der Waals surface area contributed by atoms with E-state index in [1.54, 1.807) is 4.57 Å². The number of carbonyl (C=O) groups is 1. The minimum atomic E-state index is -0.622. The van der Waals surface area contributed by atoms with Gasteiger partial charge in [0.1, 0.15) is 0 Å². The highest BCUT2D eigenvalue weighted by Gasteiger charge is 2.33. The van der Waals surface area contributed by atoms with Crippen LogP contribution < -0.4 is 14.9 Å². The maximum absolute atomic E-state index is 14.1. The highest BCUT2D eigenvalue weighted by molar-refractivity contribution is 7.07. The van der Waals surface area contributed by atoms with Crippen molar-refractivity contribution in [3.05, 3.63) is 138 Å². The van der Waals surface area contributed by atoms with Crippen LogP contribution in [0.1, 0.15) is 49.1 Å². The number of allylic oxidation sites excluding steroid dienone is 1. The van der Waals surface area contributed by atoms with Crippen molar-refractivity contribution in [2.75, 3.05) is 0 Å². The first kappa shape index (κ1) is 26.7. The van der Waals surface area contributed by atoms with Gasteiger partial charge in [-0.1, -0.05) is 89.7 Å². The van der Waals surface area contributed by atoms with E-state index < -0.39 is 12.0 Å². The van der Waals surface area contributed by atoms with Gasteiger partial charge in [-0.15, -0.1) is 0 Å². The molecule has 6 nitrogen and oxygen atoms in total. The van der Waals surface area contributed by atoms with E-state index in [4.69, 9.17) is 9.73 Å². The van der Waals surface area contributed by atoms with Crippen LogP contribution in [0.3, 0.4) is 0 Å². The number of rotatable bonds is 6. The quantitative estimate of drug-likeness (QED) is 0.257. The van der Waals surface area contributed by atoms with Gasteiger partial charge in [0.2, 0.25) is 0 Å². The summed E-state index contributed by atoms with van der Waals surface area (Å²) < 4.78 is 10.0. The molecule has 0 amide bonds. The van der Waals surface area contributed by atoms with E-state index in [-0.39, 0.29) is 11.7 Å². The van der Waals surface area contributed by atoms with Crippen LogP contribution in [0, 0.1) is 6.92 Å². The van der Waals surface area contributed by atoms with Crippen LogP contribution in [0.15, 0.2) is 106 Å². The number of esters is 1. The van der Waals surface area contributed by atoms with Crippen molar-refractivity contribution >= 4 is 34.3 Å². The second-order valence-electron chi connectivity index (χ2n) is 10.7. The second-order valence-corrected chi connectivity index (χ2v) is 11.7. The summed E-state index contributed by atoms with van der Waals surface area (Å²) in [4.78, 5) is 32.6. The molecule has 0 radical (unpaired) electrons. The van der Waals surface area contributed by atoms with E-state index in [1.807, 2.05) is 69.3 Å². The van der Waals surface area contributed by atoms with Crippen LogP contribution >= 0.6 is 11.3 Å². The van der Waals surface area contributed by atoms with E-state index in [0.29, 0.717) is 20.6 Å². The van der Waals surface area contributed by atoms with E-state index in [9.17, 15) is 9.59 Å². The Kier molecular flexibility index (Phi) is 7.05. The number of benzene rings is 3. The number of nitrogens with zero attached hydrogens (tertiary/aromatic N) is 3. The SMILES string of the molecule is CC1=C(C(=O)OC(C)C)C(c2ccccc2)n2c(sc(=Cc3cn(Cc4cccc(C)c4)c4ccccc34)c2=O)=N1. The Morgan fingerprint density at radius 2 is 1.78 bits per heavy atom. The fraction of sp³-hybridized carbons (Fsp3) is 0.206. The minimum Gasteiger partial charge on any atom is -0.459 e. The molecule has 0 bridgehead atoms. The van der Waals surface area contributed by atoms with Gasteiger partial charge >= 0.3 is 5.97 Å². The van der Waals surface area contributed by atoms with Gasteiger partial charge in [0.05, 0.1) is 27.9 Å². The third-order valence-corrected chi connectivity index (χ3v) is 8.22. The van der Waals surface area contributed by atoms with Crippen LogP contribution in [0.2, 0.25) is 0 Å². The lowest BCUT2D eigenvalue weighted by Crippen LogP contribution is -2.40. The van der Waals surface area contributed by atoms with E-state index in [2.05, 4.69) is 54.1 Å². The van der Waals surface area contributed by atoms with Gasteiger partial charge in [-0.3, -0.25) is 9.36 Å². The molecular weight excluding hydrogens is 530 g/mol. The zero-order valence-electron chi connectivity index (χ0n) is 23.5. The lowest BCUT2D eigenvalue weighted by molar-refractivity contribution is -0.143. The molecule has 0 N–H and O–H groups in total. The summed E-state index contributed by atoms with van der Waals surface area (Å²) in [5, 5.41) is 1.07. The zero-order chi connectivity index (χ0) is 28.7. The molecular formula is C34H31N3O3S. The van der Waals surface area contributed by atoms with Crippen molar-refractivity contribution in [1.29, 1.82) is 0 Å². The monoisotopic (exact) mass is 561 g/mol. The highest BCUT2D eigenvalue weighted by Crippen LogP contribution is 2.31. The highest BCUT2D eigenvalue weighted by atomic mass is 32.1. The molecule has 3 aromatic carbocycles. The summed E-state index contributed by atoms with van der Waals surface area (Å²) in [5.41, 5.74) is 6.11. The zero-order valence-corrected chi connectivity index (χ0v) is 24.3. The summed E-state index contributed by atoms with van der Waals surface area (Å²) in [5.74, 6) is -0.455. The molecule has 0 aliphatic carbocycles. The molecule has 0 fully saturated rings. The van der Waals surface area contributed by atoms with Gasteiger partial charge in [0, 0.05) is 29.2 Å². The third-order valence-electron chi connectivity index (χ3n) is 7.24. The molecule has 7 heteroatoms. The predicted molar refractivity (Wildman–Crippen MR) is 164 cm³/mol. The van der Waals surface area contributed by atoms with Crippen molar-refractivity contribution in [3.8, 4) is 0 Å². The summed E-state index contributed by atoms with van der Waals surface area (Å²) in [6, 6.07) is 25.7. The average Bonchev–Trinajstić information content (AvgIpc) is 3.44. The second kappa shape index (κ2) is 10.8. The van der Waals surface area contributed by atoms with Gasteiger partial charge in [-0.25, -0.2) is 9.79 Å². The van der Waals surface area contributed by atoms with Crippen molar-refractivity contribution in [2.24, 2.45) is 4.99 Å². The van der Waals surface area contributed by atoms with Gasteiger partial charge < -0.3 is 9.30 Å². The number of carbonyl (C=O) groups excluding carboxylic acids is 1. The maximum Gasteiger partial charge on any atom is 0.338 e. The number of aromatic nitrogens is 2. The van der Waals surface area contributed by atoms with Crippen LogP contribution in [-0.2, 0) is 16.1 Å². The summed E-state index contributed by atoms with van der Waals surface area (Å²) in [6.45, 7) is 8.27. The Labute approximate surface area is 242 Å². The van der Waals surface area contributed by atoms with Gasteiger partial charge in [-0.05, 0) is 51.0 Å². The van der Waals surface area contributed by atoms with Crippen LogP contribution in [0.5, 0.6) is 0 Å². The lowest BCUT2D eigenvalue weighted by atomic mass is 9.96. The van der Waals surface area contributed by atoms with E-state index in [0.717, 1.165) is 28.6 Å². The van der Waals surface area contributed by atoms with Crippen molar-refractivity contribution in [3.63, 3.8) is 0 Å². The van der Waals surface area contributed by atoms with E-state index >= 15 is 0 Å². The van der Waals surface area contributed by atoms with Gasteiger partial charge in [0.15, 0.2) is 4.80 Å². The van der Waals surface area contributed by atoms with Gasteiger partial charge in [0.25, 0.3) is 5.56 Å². The fourth-order valence-corrected chi connectivity index (χ4v) is 6.52. The molecule has 0 saturated heterocycles. The molecule has 206 valence electrons. The number of ether oxygens (including phenoxy) is 1. The van der Waals surface area contributed by atoms with Crippen LogP contribution in [0.4, 0.5) is 0 Å². The molecule has 0 saturated carbocycles. The standard InChI is InChI=1S/C34H31N3O3S/c1-21(2)40-33(39)30-23(4)35-34-37(31(30)25-13-6-5-7-14-25)32(38)29(41-34)18-26-20-36(28-16-9-8-15-27(26)28)19-24-12-10-11-22(3)17-24/h5-18,20-21,31H,19H2,1-4H3. The topological polar surface area (TPSA) is 65.6 Å². The normalized spacial score (nSPS) is 15.3. The maximum atomic E-state index is 14.1. The van der Waals surface area contributed by atoms with Crippen LogP contribution in [0.25, 0.3) is 17.0 Å². The molecule has 1 aliphatic rings. The van der Waals surface area contributed by atoms with Gasteiger partial charge in [-0.2, -0.15) is 0 Å². The predicted octanol–water partition coefficient (Wildman–Crippen LogP) is 5.50. The number of hydrogen-bond donors (Lipinski definition) is 0. The van der Waals surface area contributed by atoms with E-state index in [1.165, 1.54) is 22.5 Å². The third kappa shape index (κ3) is 5.09. The molecule has 1 atom stereocenters. The molecule has 1 aliphatic heterocycles. The first-order valence-electron chi connectivity index (χ1n) is 13.7. The number of para-hydroxylation sites is 1. The number of fused-ring (bicyclic) bond motifs is 2. The van der Waals surface area contributed by atoms with Crippen molar-refractivity contribution in [1.82, 2.24) is 9.13 Å². The number of thiazole rings is 1. The molecule has 1 unspecified atom stereocenters. The average molecular weight is 562 g/mol. The Morgan fingerprint density at radius 3 is 2.54 bits per heavy atom. The molecule has 0 spiro atoms. The Hall–Kier alpha value is -4.49. The first-order valence-corrected chi connectivity index (χ1v) is 14.5. The Bertz CT molecular complexity index is 1990. The van der Waals surface area contributed by atoms with Crippen LogP contribution in [-0.4, -0.2) is 21.2 Å². The first-order chi connectivity index (χ1) is 19.8.